The van der Waals surface area contributed by atoms with Gasteiger partial charge in [-0.2, -0.15) is 0 Å². The summed E-state index contributed by atoms with van der Waals surface area (Å²) in [6, 6.07) is 23.6. The van der Waals surface area contributed by atoms with Crippen molar-refractivity contribution in [3.63, 3.8) is 0 Å². The Bertz CT molecular complexity index is 1460. The Morgan fingerprint density at radius 1 is 1.08 bits per heavy atom. The minimum absolute atomic E-state index is 0.00693. The lowest BCUT2D eigenvalue weighted by Crippen LogP contribution is -2.28. The van der Waals surface area contributed by atoms with Crippen molar-refractivity contribution in [3.05, 3.63) is 102 Å². The van der Waals surface area contributed by atoms with Crippen LogP contribution in [0, 0.1) is 0 Å². The number of hydrogen-bond donors (Lipinski definition) is 0. The standard InChI is InChI=1S/C32H32ClN3O3/c1-35(2)17-18-38-26-13-10-23(11-14-26)12-15-30(37)36-21-25(20-33)31-27-9-6-16-34-32(27)29(19-28(31)36)39-22-24-7-4-3-5-8-24/h3-16,19,25H,17-18,20-22H2,1-2H3. The molecule has 0 saturated carbocycles. The minimum atomic E-state index is -0.104. The monoisotopic (exact) mass is 541 g/mol. The maximum atomic E-state index is 13.5. The van der Waals surface area contributed by atoms with Crippen LogP contribution in [0.3, 0.4) is 0 Å². The van der Waals surface area contributed by atoms with Crippen LogP contribution in [0.4, 0.5) is 5.69 Å². The normalized spacial score (nSPS) is 14.8. The number of halogens is 1. The number of alkyl halides is 1. The Morgan fingerprint density at radius 2 is 1.87 bits per heavy atom. The largest absolute Gasteiger partial charge is 0.492 e. The van der Waals surface area contributed by atoms with Gasteiger partial charge in [0.25, 0.3) is 5.91 Å². The van der Waals surface area contributed by atoms with E-state index in [1.807, 2.05) is 93.0 Å². The number of nitrogens with zero attached hydrogens (tertiary/aromatic N) is 3. The molecule has 2 heterocycles. The zero-order chi connectivity index (χ0) is 27.2. The summed E-state index contributed by atoms with van der Waals surface area (Å²) in [5, 5.41) is 0.966. The van der Waals surface area contributed by atoms with Crippen molar-refractivity contribution in [2.24, 2.45) is 0 Å². The van der Waals surface area contributed by atoms with Crippen LogP contribution in [-0.4, -0.2) is 55.5 Å². The third kappa shape index (κ3) is 6.24. The van der Waals surface area contributed by atoms with Crippen LogP contribution in [0.5, 0.6) is 11.5 Å². The van der Waals surface area contributed by atoms with Gasteiger partial charge in [-0.05, 0) is 55.1 Å². The molecule has 1 amide bonds. The molecule has 0 saturated heterocycles. The molecular weight excluding hydrogens is 510 g/mol. The molecule has 7 heteroatoms. The molecule has 200 valence electrons. The van der Waals surface area contributed by atoms with Crippen LogP contribution in [0.15, 0.2) is 85.1 Å². The van der Waals surface area contributed by atoms with Crippen LogP contribution in [0.25, 0.3) is 17.0 Å². The van der Waals surface area contributed by atoms with Crippen molar-refractivity contribution in [1.29, 1.82) is 0 Å². The first kappa shape index (κ1) is 26.7. The van der Waals surface area contributed by atoms with Crippen molar-refractivity contribution in [3.8, 4) is 11.5 Å². The fraction of sp³-hybridized carbons (Fsp3) is 0.250. The smallest absolute Gasteiger partial charge is 0.251 e. The Labute approximate surface area is 234 Å². The van der Waals surface area contributed by atoms with Gasteiger partial charge < -0.3 is 19.3 Å². The van der Waals surface area contributed by atoms with E-state index >= 15 is 0 Å². The van der Waals surface area contributed by atoms with Gasteiger partial charge >= 0.3 is 0 Å². The Morgan fingerprint density at radius 3 is 2.62 bits per heavy atom. The molecule has 1 aliphatic rings. The number of ether oxygens (including phenoxy) is 2. The maximum absolute atomic E-state index is 13.5. The van der Waals surface area contributed by atoms with E-state index in [1.165, 1.54) is 0 Å². The van der Waals surface area contributed by atoms with Gasteiger partial charge in [-0.25, -0.2) is 0 Å². The van der Waals surface area contributed by atoms with Crippen molar-refractivity contribution < 1.29 is 14.3 Å². The molecule has 39 heavy (non-hydrogen) atoms. The van der Waals surface area contributed by atoms with E-state index in [1.54, 1.807) is 17.2 Å². The zero-order valence-corrected chi connectivity index (χ0v) is 23.0. The highest BCUT2D eigenvalue weighted by atomic mass is 35.5. The van der Waals surface area contributed by atoms with Gasteiger partial charge in [-0.3, -0.25) is 9.78 Å². The number of likely N-dealkylation sites (N-methyl/N-ethyl adjacent to an activating group) is 1. The van der Waals surface area contributed by atoms with E-state index < -0.39 is 0 Å². The van der Waals surface area contributed by atoms with E-state index in [4.69, 9.17) is 21.1 Å². The summed E-state index contributed by atoms with van der Waals surface area (Å²) in [5.41, 5.74) is 4.63. The lowest BCUT2D eigenvalue weighted by molar-refractivity contribution is -0.114. The van der Waals surface area contributed by atoms with Crippen LogP contribution in [0.1, 0.15) is 22.6 Å². The molecule has 3 aromatic carbocycles. The summed E-state index contributed by atoms with van der Waals surface area (Å²) in [6.45, 7) is 2.39. The van der Waals surface area contributed by atoms with Gasteiger partial charge in [0.1, 0.15) is 30.2 Å². The lowest BCUT2D eigenvalue weighted by Gasteiger charge is -2.18. The van der Waals surface area contributed by atoms with Crippen LogP contribution in [-0.2, 0) is 11.4 Å². The van der Waals surface area contributed by atoms with Crippen LogP contribution in [0.2, 0.25) is 0 Å². The second-order valence-corrected chi connectivity index (χ2v) is 10.1. The summed E-state index contributed by atoms with van der Waals surface area (Å²) < 4.78 is 12.0. The van der Waals surface area contributed by atoms with Crippen molar-refractivity contribution in [2.45, 2.75) is 12.5 Å². The summed E-state index contributed by atoms with van der Waals surface area (Å²) in [6.07, 6.45) is 5.20. The number of benzene rings is 3. The molecule has 1 unspecified atom stereocenters. The summed E-state index contributed by atoms with van der Waals surface area (Å²) >= 11 is 6.41. The number of rotatable bonds is 10. The number of amides is 1. The molecule has 1 aliphatic heterocycles. The van der Waals surface area contributed by atoms with E-state index in [9.17, 15) is 4.79 Å². The quantitative estimate of drug-likeness (QED) is 0.178. The molecular formula is C32H32ClN3O3. The van der Waals surface area contributed by atoms with Crippen LogP contribution < -0.4 is 14.4 Å². The number of hydrogen-bond acceptors (Lipinski definition) is 5. The Kier molecular flexibility index (Phi) is 8.45. The first-order valence-corrected chi connectivity index (χ1v) is 13.6. The fourth-order valence-corrected chi connectivity index (χ4v) is 5.00. The summed E-state index contributed by atoms with van der Waals surface area (Å²) in [4.78, 5) is 21.9. The average Bonchev–Trinajstić information content (AvgIpc) is 3.34. The predicted octanol–water partition coefficient (Wildman–Crippen LogP) is 6.14. The summed E-state index contributed by atoms with van der Waals surface area (Å²) in [5.74, 6) is 1.77. The van der Waals surface area contributed by atoms with Crippen molar-refractivity contribution in [2.75, 3.05) is 44.6 Å². The van der Waals surface area contributed by atoms with Gasteiger partial charge in [0, 0.05) is 48.6 Å². The Hall–Kier alpha value is -3.87. The number of fused-ring (bicyclic) bond motifs is 3. The molecule has 6 nitrogen and oxygen atoms in total. The average molecular weight is 542 g/mol. The highest BCUT2D eigenvalue weighted by molar-refractivity contribution is 6.19. The fourth-order valence-electron chi connectivity index (χ4n) is 4.75. The number of pyridine rings is 1. The number of carbonyl (C=O) groups excluding carboxylic acids is 1. The van der Waals surface area contributed by atoms with E-state index in [0.717, 1.165) is 45.6 Å². The second kappa shape index (κ2) is 12.3. The van der Waals surface area contributed by atoms with Gasteiger partial charge in [-0.1, -0.05) is 48.5 Å². The van der Waals surface area contributed by atoms with Gasteiger partial charge in [-0.15, -0.1) is 11.6 Å². The van der Waals surface area contributed by atoms with Gasteiger partial charge in [0.15, 0.2) is 0 Å². The van der Waals surface area contributed by atoms with E-state index in [-0.39, 0.29) is 11.8 Å². The molecule has 0 N–H and O–H groups in total. The molecule has 0 bridgehead atoms. The van der Waals surface area contributed by atoms with E-state index in [2.05, 4.69) is 9.88 Å². The molecule has 4 aromatic rings. The van der Waals surface area contributed by atoms with Gasteiger partial charge in [0.2, 0.25) is 0 Å². The molecule has 1 atom stereocenters. The highest BCUT2D eigenvalue weighted by Gasteiger charge is 2.34. The highest BCUT2D eigenvalue weighted by Crippen LogP contribution is 2.45. The number of anilines is 1. The second-order valence-electron chi connectivity index (χ2n) is 9.84. The molecule has 0 spiro atoms. The number of carbonyl (C=O) groups is 1. The maximum Gasteiger partial charge on any atom is 0.251 e. The zero-order valence-electron chi connectivity index (χ0n) is 22.2. The minimum Gasteiger partial charge on any atom is -0.492 e. The Balaban J connectivity index is 1.38. The molecule has 0 aliphatic carbocycles. The SMILES string of the molecule is CN(C)CCOc1ccc(C=CC(=O)N2CC(CCl)c3c2cc(OCc2ccccc2)c2ncccc32)cc1. The first-order chi connectivity index (χ1) is 19.0. The predicted molar refractivity (Wildman–Crippen MR) is 158 cm³/mol. The molecule has 5 rings (SSSR count). The molecule has 0 radical (unpaired) electrons. The first-order valence-electron chi connectivity index (χ1n) is 13.0. The van der Waals surface area contributed by atoms with Crippen molar-refractivity contribution >= 4 is 40.2 Å². The third-order valence-corrected chi connectivity index (χ3v) is 7.14. The molecule has 1 aromatic heterocycles. The topological polar surface area (TPSA) is 54.9 Å². The van der Waals surface area contributed by atoms with Gasteiger partial charge in [0.05, 0.1) is 5.69 Å². The molecule has 0 fully saturated rings. The summed E-state index contributed by atoms with van der Waals surface area (Å²) in [7, 11) is 4.03. The lowest BCUT2D eigenvalue weighted by atomic mass is 9.97. The van der Waals surface area contributed by atoms with Crippen LogP contribution >= 0.6 is 11.6 Å². The third-order valence-electron chi connectivity index (χ3n) is 6.77. The number of aromatic nitrogens is 1. The van der Waals surface area contributed by atoms with Crippen molar-refractivity contribution in [1.82, 2.24) is 9.88 Å². The van der Waals surface area contributed by atoms with E-state index in [0.29, 0.717) is 31.4 Å².